The molecule has 0 aliphatic heterocycles. The largest absolute Gasteiger partial charge is 0.351 e. The highest BCUT2D eigenvalue weighted by atomic mass is 35.5. The lowest BCUT2D eigenvalue weighted by molar-refractivity contribution is -0.116. The van der Waals surface area contributed by atoms with Gasteiger partial charge in [-0.1, -0.05) is 46.7 Å². The fraction of sp³-hybridized carbons (Fsp3) is 0.118. The molecule has 2 aromatic carbocycles. The van der Waals surface area contributed by atoms with Gasteiger partial charge in [-0.15, -0.1) is 0 Å². The Balaban J connectivity index is 1.52. The van der Waals surface area contributed by atoms with Crippen molar-refractivity contribution in [2.24, 2.45) is 0 Å². The third kappa shape index (κ3) is 4.48. The number of nitrogens with one attached hydrogen (secondary N) is 2. The van der Waals surface area contributed by atoms with Crippen LogP contribution >= 0.6 is 34.5 Å². The summed E-state index contributed by atoms with van der Waals surface area (Å²) >= 11 is 13.2. The molecule has 0 bridgehead atoms. The number of nitrogens with zero attached hydrogens (tertiary/aromatic N) is 1. The van der Waals surface area contributed by atoms with Crippen LogP contribution in [0.3, 0.4) is 0 Å². The van der Waals surface area contributed by atoms with Crippen LogP contribution in [0.2, 0.25) is 10.0 Å². The van der Waals surface area contributed by atoms with E-state index in [1.807, 2.05) is 0 Å². The molecular formula is C17H13Cl2N3O2S. The monoisotopic (exact) mass is 393 g/mol. The van der Waals surface area contributed by atoms with Crippen LogP contribution in [-0.4, -0.2) is 23.3 Å². The summed E-state index contributed by atoms with van der Waals surface area (Å²) in [5.74, 6) is -0.544. The van der Waals surface area contributed by atoms with Crippen LogP contribution in [0.4, 0.5) is 5.13 Å². The average Bonchev–Trinajstić information content (AvgIpc) is 2.96. The number of hydrogen-bond acceptors (Lipinski definition) is 4. The van der Waals surface area contributed by atoms with Gasteiger partial charge in [0.25, 0.3) is 5.91 Å². The molecule has 3 aromatic rings. The van der Waals surface area contributed by atoms with Gasteiger partial charge in [-0.05, 0) is 30.3 Å². The first kappa shape index (κ1) is 17.7. The molecule has 8 heteroatoms. The normalized spacial score (nSPS) is 10.6. The molecule has 0 radical (unpaired) electrons. The number of aromatic nitrogens is 1. The zero-order valence-electron chi connectivity index (χ0n) is 12.9. The van der Waals surface area contributed by atoms with Gasteiger partial charge < -0.3 is 10.6 Å². The summed E-state index contributed by atoms with van der Waals surface area (Å²) in [6.45, 7) is 0.201. The number of amides is 2. The van der Waals surface area contributed by atoms with E-state index in [9.17, 15) is 9.59 Å². The van der Waals surface area contributed by atoms with Gasteiger partial charge in [0, 0.05) is 18.0 Å². The lowest BCUT2D eigenvalue weighted by Gasteiger charge is -2.06. The third-order valence-electron chi connectivity index (χ3n) is 3.35. The van der Waals surface area contributed by atoms with Crippen LogP contribution in [0.15, 0.2) is 42.5 Å². The number of thiazole rings is 1. The first-order valence-electron chi connectivity index (χ1n) is 7.41. The second-order valence-electron chi connectivity index (χ2n) is 5.16. The van der Waals surface area contributed by atoms with Crippen molar-refractivity contribution >= 4 is 61.7 Å². The fourth-order valence-corrected chi connectivity index (χ4v) is 3.54. The average molecular weight is 394 g/mol. The predicted molar refractivity (Wildman–Crippen MR) is 102 cm³/mol. The van der Waals surface area contributed by atoms with Crippen molar-refractivity contribution in [2.45, 2.75) is 6.42 Å². The Hall–Kier alpha value is -2.15. The Kier molecular flexibility index (Phi) is 5.53. The highest BCUT2D eigenvalue weighted by Crippen LogP contribution is 2.28. The van der Waals surface area contributed by atoms with E-state index >= 15 is 0 Å². The minimum Gasteiger partial charge on any atom is -0.351 e. The Bertz CT molecular complexity index is 943. The quantitative estimate of drug-likeness (QED) is 0.676. The van der Waals surface area contributed by atoms with Crippen LogP contribution in [0.5, 0.6) is 0 Å². The maximum absolute atomic E-state index is 12.0. The first-order valence-corrected chi connectivity index (χ1v) is 8.99. The molecule has 0 atom stereocenters. The van der Waals surface area contributed by atoms with Crippen LogP contribution in [0, 0.1) is 0 Å². The molecule has 0 fully saturated rings. The molecule has 3 rings (SSSR count). The van der Waals surface area contributed by atoms with E-state index in [-0.39, 0.29) is 24.8 Å². The predicted octanol–water partition coefficient (Wildman–Crippen LogP) is 4.36. The van der Waals surface area contributed by atoms with Crippen LogP contribution in [0.1, 0.15) is 16.8 Å². The van der Waals surface area contributed by atoms with Crippen molar-refractivity contribution in [2.75, 3.05) is 11.9 Å². The number of anilines is 1. The number of carbonyl (C=O) groups excluding carboxylic acids is 2. The van der Waals surface area contributed by atoms with Gasteiger partial charge in [-0.25, -0.2) is 4.98 Å². The zero-order chi connectivity index (χ0) is 17.8. The minimum absolute atomic E-state index is 0.132. The molecule has 0 spiro atoms. The smallest absolute Gasteiger partial charge is 0.252 e. The number of benzene rings is 2. The van der Waals surface area contributed by atoms with Crippen molar-refractivity contribution < 1.29 is 9.59 Å². The second kappa shape index (κ2) is 7.82. The molecule has 5 nitrogen and oxygen atoms in total. The van der Waals surface area contributed by atoms with Crippen molar-refractivity contribution in [1.82, 2.24) is 10.3 Å². The summed E-state index contributed by atoms with van der Waals surface area (Å²) in [4.78, 5) is 28.3. The van der Waals surface area contributed by atoms with E-state index in [2.05, 4.69) is 15.6 Å². The fourth-order valence-electron chi connectivity index (χ4n) is 2.16. The molecule has 1 heterocycles. The molecule has 2 amide bonds. The van der Waals surface area contributed by atoms with E-state index in [1.165, 1.54) is 11.3 Å². The van der Waals surface area contributed by atoms with Crippen molar-refractivity contribution in [3.63, 3.8) is 0 Å². The molecule has 0 saturated carbocycles. The summed E-state index contributed by atoms with van der Waals surface area (Å²) in [6, 6.07) is 12.1. The summed E-state index contributed by atoms with van der Waals surface area (Å²) < 4.78 is 0.898. The molecule has 0 aliphatic rings. The lowest BCUT2D eigenvalue weighted by Crippen LogP contribution is -2.27. The van der Waals surface area contributed by atoms with Crippen LogP contribution < -0.4 is 10.6 Å². The van der Waals surface area contributed by atoms with Crippen LogP contribution in [-0.2, 0) is 4.79 Å². The van der Waals surface area contributed by atoms with Gasteiger partial charge in [-0.2, -0.15) is 0 Å². The van der Waals surface area contributed by atoms with Crippen molar-refractivity contribution in [3.05, 3.63) is 58.1 Å². The number of fused-ring (bicyclic) bond motifs is 1. The van der Waals surface area contributed by atoms with Gasteiger partial charge in [-0.3, -0.25) is 9.59 Å². The Morgan fingerprint density at radius 3 is 2.72 bits per heavy atom. The first-order chi connectivity index (χ1) is 12.0. The molecule has 128 valence electrons. The number of rotatable bonds is 5. The highest BCUT2D eigenvalue weighted by molar-refractivity contribution is 7.22. The Morgan fingerprint density at radius 1 is 1.12 bits per heavy atom. The number of carbonyl (C=O) groups is 2. The standard InChI is InChI=1S/C17H13Cl2N3O2S/c18-10-5-6-13-14(9-10)25-17(21-13)22-15(23)7-8-20-16(24)11-3-1-2-4-12(11)19/h1-6,9H,7-8H2,(H,20,24)(H,21,22,23). The van der Waals surface area contributed by atoms with Crippen molar-refractivity contribution in [1.29, 1.82) is 0 Å². The van der Waals surface area contributed by atoms with E-state index in [0.29, 0.717) is 20.7 Å². The summed E-state index contributed by atoms with van der Waals surface area (Å²) in [7, 11) is 0. The zero-order valence-corrected chi connectivity index (χ0v) is 15.2. The second-order valence-corrected chi connectivity index (χ2v) is 7.04. The Labute approximate surface area is 158 Å². The van der Waals surface area contributed by atoms with Gasteiger partial charge in [0.05, 0.1) is 20.8 Å². The highest BCUT2D eigenvalue weighted by Gasteiger charge is 2.11. The van der Waals surface area contributed by atoms with E-state index in [1.54, 1.807) is 42.5 Å². The van der Waals surface area contributed by atoms with E-state index in [0.717, 1.165) is 10.2 Å². The van der Waals surface area contributed by atoms with Gasteiger partial charge in [0.1, 0.15) is 0 Å². The number of halogens is 2. The minimum atomic E-state index is -0.312. The topological polar surface area (TPSA) is 71.1 Å². The Morgan fingerprint density at radius 2 is 1.92 bits per heavy atom. The summed E-state index contributed by atoms with van der Waals surface area (Å²) in [5, 5.41) is 6.89. The molecule has 25 heavy (non-hydrogen) atoms. The van der Waals surface area contributed by atoms with Crippen LogP contribution in [0.25, 0.3) is 10.2 Å². The van der Waals surface area contributed by atoms with Gasteiger partial charge >= 0.3 is 0 Å². The summed E-state index contributed by atoms with van der Waals surface area (Å²) in [5.41, 5.74) is 1.16. The lowest BCUT2D eigenvalue weighted by atomic mass is 10.2. The van der Waals surface area contributed by atoms with E-state index < -0.39 is 0 Å². The van der Waals surface area contributed by atoms with Gasteiger partial charge in [0.15, 0.2) is 5.13 Å². The van der Waals surface area contributed by atoms with Crippen molar-refractivity contribution in [3.8, 4) is 0 Å². The molecule has 2 N–H and O–H groups in total. The molecule has 0 unspecified atom stereocenters. The third-order valence-corrected chi connectivity index (χ3v) is 4.85. The maximum Gasteiger partial charge on any atom is 0.252 e. The van der Waals surface area contributed by atoms with E-state index in [4.69, 9.17) is 23.2 Å². The molecular weight excluding hydrogens is 381 g/mol. The number of hydrogen-bond donors (Lipinski definition) is 2. The molecule has 0 saturated heterocycles. The molecule has 1 aromatic heterocycles. The summed E-state index contributed by atoms with van der Waals surface area (Å²) in [6.07, 6.45) is 0.132. The SMILES string of the molecule is O=C(CCNC(=O)c1ccccc1Cl)Nc1nc2ccc(Cl)cc2s1. The maximum atomic E-state index is 12.0. The molecule has 0 aliphatic carbocycles. The van der Waals surface area contributed by atoms with Gasteiger partial charge in [0.2, 0.25) is 5.91 Å².